The van der Waals surface area contributed by atoms with E-state index in [9.17, 15) is 8.78 Å². The molecule has 2 saturated heterocycles. The van der Waals surface area contributed by atoms with Crippen LogP contribution in [-0.4, -0.2) is 42.0 Å². The van der Waals surface area contributed by atoms with Crippen molar-refractivity contribution in [1.29, 1.82) is 0 Å². The van der Waals surface area contributed by atoms with Gasteiger partial charge in [-0.05, 0) is 50.9 Å². The molecule has 2 bridgehead atoms. The third kappa shape index (κ3) is 3.42. The van der Waals surface area contributed by atoms with Gasteiger partial charge in [0.25, 0.3) is 5.92 Å². The molecule has 2 aliphatic carbocycles. The quantitative estimate of drug-likeness (QED) is 0.819. The second-order valence-corrected chi connectivity index (χ2v) is 9.95. The Hall–Kier alpha value is 0.0900. The average molecular weight is 346 g/mol. The van der Waals surface area contributed by atoms with Crippen LogP contribution in [0.5, 0.6) is 0 Å². The van der Waals surface area contributed by atoms with Crippen LogP contribution < -0.4 is 10.6 Å². The van der Waals surface area contributed by atoms with E-state index in [1.54, 1.807) is 0 Å². The van der Waals surface area contributed by atoms with Crippen molar-refractivity contribution in [2.24, 2.45) is 17.8 Å². The second-order valence-electron chi connectivity index (χ2n) is 8.26. The van der Waals surface area contributed by atoms with E-state index < -0.39 is 5.92 Å². The zero-order valence-electron chi connectivity index (χ0n) is 13.8. The molecule has 3 nitrogen and oxygen atoms in total. The van der Waals surface area contributed by atoms with Crippen LogP contribution in [0.4, 0.5) is 8.78 Å². The first-order valence-corrected chi connectivity index (χ1v) is 9.94. The first-order valence-electron chi connectivity index (χ1n) is 9.06. The van der Waals surface area contributed by atoms with Crippen molar-refractivity contribution in [1.82, 2.24) is 10.6 Å². The van der Waals surface area contributed by atoms with Gasteiger partial charge in [-0.2, -0.15) is 0 Å². The smallest absolute Gasteiger partial charge is 0.251 e. The van der Waals surface area contributed by atoms with E-state index in [2.05, 4.69) is 17.6 Å². The summed E-state index contributed by atoms with van der Waals surface area (Å²) in [6, 6.07) is 0.273. The second kappa shape index (κ2) is 6.11. The molecule has 0 aromatic rings. The van der Waals surface area contributed by atoms with Gasteiger partial charge in [-0.15, -0.1) is 11.8 Å². The number of nitrogens with one attached hydrogen (secondary N) is 2. The summed E-state index contributed by atoms with van der Waals surface area (Å²) in [5, 5.41) is 7.21. The number of alkyl halides is 2. The summed E-state index contributed by atoms with van der Waals surface area (Å²) >= 11 is 1.97. The van der Waals surface area contributed by atoms with E-state index in [1.165, 1.54) is 19.3 Å². The standard InChI is InChI=1S/C17H28F2N2OS/c1-16(8-11-2-4-22-5-3-11)10-20-15(23-16)21-14-7-13-6-12(14)9-17(13,18)19/h11-15,20-21H,2-10H2,1H3/t12?,13-,14+,15?,16?/m1/s1. The lowest BCUT2D eigenvalue weighted by molar-refractivity contribution is -0.0568. The predicted octanol–water partition coefficient (Wildman–Crippen LogP) is 3.21. The largest absolute Gasteiger partial charge is 0.381 e. The molecule has 0 radical (unpaired) electrons. The highest BCUT2D eigenvalue weighted by molar-refractivity contribution is 8.01. The summed E-state index contributed by atoms with van der Waals surface area (Å²) in [4.78, 5) is 0. The SMILES string of the molecule is CC1(CC2CCOCC2)CNC(N[C@H]2C[C@H]3CC2CC3(F)F)S1. The van der Waals surface area contributed by atoms with Crippen molar-refractivity contribution in [3.05, 3.63) is 0 Å². The Balaban J connectivity index is 1.28. The zero-order valence-corrected chi connectivity index (χ0v) is 14.6. The van der Waals surface area contributed by atoms with Gasteiger partial charge < -0.3 is 4.74 Å². The van der Waals surface area contributed by atoms with Crippen LogP contribution in [0.2, 0.25) is 0 Å². The molecule has 0 amide bonds. The Labute approximate surface area is 141 Å². The Morgan fingerprint density at radius 3 is 2.70 bits per heavy atom. The Bertz CT molecular complexity index is 446. The summed E-state index contributed by atoms with van der Waals surface area (Å²) in [7, 11) is 0. The van der Waals surface area contributed by atoms with Crippen molar-refractivity contribution < 1.29 is 13.5 Å². The van der Waals surface area contributed by atoms with Crippen LogP contribution in [0.25, 0.3) is 0 Å². The number of ether oxygens (including phenoxy) is 1. The maximum atomic E-state index is 13.7. The van der Waals surface area contributed by atoms with Crippen LogP contribution in [0.3, 0.4) is 0 Å². The predicted molar refractivity (Wildman–Crippen MR) is 88.6 cm³/mol. The Kier molecular flexibility index (Phi) is 4.40. The number of hydrogen-bond donors (Lipinski definition) is 2. The summed E-state index contributed by atoms with van der Waals surface area (Å²) in [6.07, 6.45) is 5.02. The summed E-state index contributed by atoms with van der Waals surface area (Å²) in [6.45, 7) is 5.15. The molecular formula is C17H28F2N2OS. The lowest BCUT2D eigenvalue weighted by Gasteiger charge is -2.32. The fourth-order valence-electron chi connectivity index (χ4n) is 5.06. The first kappa shape index (κ1) is 16.6. The fourth-order valence-corrected chi connectivity index (χ4v) is 6.54. The van der Waals surface area contributed by atoms with Crippen LogP contribution in [0.15, 0.2) is 0 Å². The summed E-state index contributed by atoms with van der Waals surface area (Å²) in [5.41, 5.74) is 0.220. The van der Waals surface area contributed by atoms with Crippen LogP contribution >= 0.6 is 11.8 Å². The van der Waals surface area contributed by atoms with Crippen LogP contribution in [0, 0.1) is 17.8 Å². The molecule has 4 aliphatic rings. The highest BCUT2D eigenvalue weighted by Gasteiger charge is 2.57. The number of fused-ring (bicyclic) bond motifs is 2. The zero-order chi connectivity index (χ0) is 16.1. The van der Waals surface area contributed by atoms with Crippen molar-refractivity contribution in [2.75, 3.05) is 19.8 Å². The molecule has 0 aromatic heterocycles. The monoisotopic (exact) mass is 346 g/mol. The van der Waals surface area contributed by atoms with Gasteiger partial charge in [0.15, 0.2) is 0 Å². The maximum absolute atomic E-state index is 13.7. The third-order valence-corrected chi connectivity index (χ3v) is 7.74. The fraction of sp³-hybridized carbons (Fsp3) is 1.00. The van der Waals surface area contributed by atoms with Crippen molar-refractivity contribution in [3.63, 3.8) is 0 Å². The van der Waals surface area contributed by atoms with Crippen molar-refractivity contribution in [3.8, 4) is 0 Å². The summed E-state index contributed by atoms with van der Waals surface area (Å²) < 4.78 is 33.0. The topological polar surface area (TPSA) is 33.3 Å². The minimum Gasteiger partial charge on any atom is -0.381 e. The lowest BCUT2D eigenvalue weighted by atomic mass is 9.89. The Morgan fingerprint density at radius 1 is 1.26 bits per heavy atom. The van der Waals surface area contributed by atoms with E-state index in [0.29, 0.717) is 12.8 Å². The molecule has 4 fully saturated rings. The lowest BCUT2D eigenvalue weighted by Crippen LogP contribution is -2.46. The highest BCUT2D eigenvalue weighted by Crippen LogP contribution is 2.54. The molecule has 5 atom stereocenters. The van der Waals surface area contributed by atoms with Crippen molar-refractivity contribution >= 4 is 11.8 Å². The maximum Gasteiger partial charge on any atom is 0.251 e. The molecule has 4 rings (SSSR count). The highest BCUT2D eigenvalue weighted by atomic mass is 32.2. The van der Waals surface area contributed by atoms with E-state index in [1.807, 2.05) is 11.8 Å². The van der Waals surface area contributed by atoms with Gasteiger partial charge in [-0.1, -0.05) is 0 Å². The molecule has 132 valence electrons. The number of halogens is 2. The molecule has 6 heteroatoms. The molecular weight excluding hydrogens is 318 g/mol. The molecule has 2 aliphatic heterocycles. The van der Waals surface area contributed by atoms with Gasteiger partial charge in [-0.3, -0.25) is 10.6 Å². The number of hydrogen-bond acceptors (Lipinski definition) is 4. The normalized spacial score (nSPS) is 46.6. The third-order valence-electron chi connectivity index (χ3n) is 6.32. The average Bonchev–Trinajstić information content (AvgIpc) is 3.13. The summed E-state index contributed by atoms with van der Waals surface area (Å²) in [5.74, 6) is -1.86. The molecule has 23 heavy (non-hydrogen) atoms. The molecule has 3 unspecified atom stereocenters. The van der Waals surface area contributed by atoms with Gasteiger partial charge >= 0.3 is 0 Å². The number of rotatable bonds is 4. The van der Waals surface area contributed by atoms with E-state index in [0.717, 1.165) is 25.7 Å². The minimum absolute atomic E-state index is 0.0893. The van der Waals surface area contributed by atoms with E-state index in [4.69, 9.17) is 4.74 Å². The minimum atomic E-state index is -2.41. The van der Waals surface area contributed by atoms with Gasteiger partial charge in [0, 0.05) is 42.9 Å². The van der Waals surface area contributed by atoms with Gasteiger partial charge in [0.1, 0.15) is 5.50 Å². The molecule has 0 aromatic carbocycles. The van der Waals surface area contributed by atoms with Gasteiger partial charge in [-0.25, -0.2) is 8.78 Å². The van der Waals surface area contributed by atoms with Crippen LogP contribution in [-0.2, 0) is 4.74 Å². The van der Waals surface area contributed by atoms with Crippen molar-refractivity contribution in [2.45, 2.75) is 67.7 Å². The van der Waals surface area contributed by atoms with E-state index >= 15 is 0 Å². The molecule has 2 N–H and O–H groups in total. The van der Waals surface area contributed by atoms with Gasteiger partial charge in [0.2, 0.25) is 0 Å². The van der Waals surface area contributed by atoms with E-state index in [-0.39, 0.29) is 34.5 Å². The number of thioether (sulfide) groups is 1. The van der Waals surface area contributed by atoms with Gasteiger partial charge in [0.05, 0.1) is 0 Å². The van der Waals surface area contributed by atoms with Crippen LogP contribution in [0.1, 0.15) is 45.4 Å². The molecule has 2 saturated carbocycles. The molecule has 2 heterocycles. The first-order chi connectivity index (χ1) is 10.9. The molecule has 0 spiro atoms. The Morgan fingerprint density at radius 2 is 2.04 bits per heavy atom.